The zero-order chi connectivity index (χ0) is 19.4. The molecule has 1 fully saturated rings. The number of likely N-dealkylation sites (N-methyl/N-ethyl adjacent to an activating group) is 1. The average Bonchev–Trinajstić information content (AvgIpc) is 2.75. The van der Waals surface area contributed by atoms with Crippen LogP contribution in [0.4, 0.5) is 0 Å². The standard InChI is InChI=1S/C20H33N3O3/c1-19(2,21)18(24)23-12-5-10-20(25,11-13-23)15-22(3)14-16-6-8-17(26-4)9-7-16/h6-9,25H,5,10-15,21H2,1-4H3. The van der Waals surface area contributed by atoms with Crippen molar-refractivity contribution in [3.63, 3.8) is 0 Å². The molecule has 0 saturated carbocycles. The van der Waals surface area contributed by atoms with Crippen LogP contribution in [-0.4, -0.2) is 65.7 Å². The van der Waals surface area contributed by atoms with Gasteiger partial charge >= 0.3 is 0 Å². The van der Waals surface area contributed by atoms with Gasteiger partial charge in [-0.3, -0.25) is 9.69 Å². The van der Waals surface area contributed by atoms with Crippen LogP contribution in [0.15, 0.2) is 24.3 Å². The molecule has 1 amide bonds. The minimum atomic E-state index is -0.867. The lowest BCUT2D eigenvalue weighted by molar-refractivity contribution is -0.135. The van der Waals surface area contributed by atoms with E-state index in [-0.39, 0.29) is 5.91 Å². The summed E-state index contributed by atoms with van der Waals surface area (Å²) in [5.41, 5.74) is 5.47. The third-order valence-corrected chi connectivity index (χ3v) is 4.93. The van der Waals surface area contributed by atoms with Crippen molar-refractivity contribution in [2.24, 2.45) is 5.73 Å². The van der Waals surface area contributed by atoms with Crippen LogP contribution in [0.2, 0.25) is 0 Å². The summed E-state index contributed by atoms with van der Waals surface area (Å²) in [5.74, 6) is 0.791. The van der Waals surface area contributed by atoms with Gasteiger partial charge in [0, 0.05) is 26.2 Å². The largest absolute Gasteiger partial charge is 0.497 e. The topological polar surface area (TPSA) is 79.0 Å². The third kappa shape index (κ3) is 5.69. The first-order valence-corrected chi connectivity index (χ1v) is 9.25. The number of hydrogen-bond acceptors (Lipinski definition) is 5. The van der Waals surface area contributed by atoms with Gasteiger partial charge in [-0.15, -0.1) is 0 Å². The lowest BCUT2D eigenvalue weighted by atomic mass is 9.94. The highest BCUT2D eigenvalue weighted by atomic mass is 16.5. The van der Waals surface area contributed by atoms with Crippen LogP contribution in [0, 0.1) is 0 Å². The van der Waals surface area contributed by atoms with E-state index in [1.54, 1.807) is 25.9 Å². The number of methoxy groups -OCH3 is 1. The van der Waals surface area contributed by atoms with Gasteiger partial charge in [-0.1, -0.05) is 12.1 Å². The normalized spacial score (nSPS) is 21.6. The predicted molar refractivity (Wildman–Crippen MR) is 103 cm³/mol. The predicted octanol–water partition coefficient (Wildman–Crippen LogP) is 1.61. The molecule has 6 nitrogen and oxygen atoms in total. The number of ether oxygens (including phenoxy) is 1. The number of amides is 1. The first kappa shape index (κ1) is 20.7. The van der Waals surface area contributed by atoms with Crippen molar-refractivity contribution in [2.75, 3.05) is 33.8 Å². The number of nitrogens with zero attached hydrogens (tertiary/aromatic N) is 2. The number of benzene rings is 1. The zero-order valence-corrected chi connectivity index (χ0v) is 16.5. The van der Waals surface area contributed by atoms with Crippen molar-refractivity contribution in [3.8, 4) is 5.75 Å². The van der Waals surface area contributed by atoms with E-state index in [1.165, 1.54) is 5.56 Å². The number of carbonyl (C=O) groups is 1. The van der Waals surface area contributed by atoms with Gasteiger partial charge in [0.15, 0.2) is 0 Å². The zero-order valence-electron chi connectivity index (χ0n) is 16.5. The molecule has 2 rings (SSSR count). The lowest BCUT2D eigenvalue weighted by Crippen LogP contribution is -2.51. The molecule has 1 aromatic rings. The Balaban J connectivity index is 1.92. The van der Waals surface area contributed by atoms with Crippen molar-refractivity contribution in [2.45, 2.75) is 50.8 Å². The summed E-state index contributed by atoms with van der Waals surface area (Å²) < 4.78 is 5.18. The molecule has 0 spiro atoms. The summed E-state index contributed by atoms with van der Waals surface area (Å²) >= 11 is 0. The van der Waals surface area contributed by atoms with Crippen LogP contribution in [-0.2, 0) is 11.3 Å². The van der Waals surface area contributed by atoms with Crippen LogP contribution in [0.3, 0.4) is 0 Å². The summed E-state index contributed by atoms with van der Waals surface area (Å²) in [7, 11) is 3.67. The monoisotopic (exact) mass is 363 g/mol. The molecule has 0 bridgehead atoms. The number of nitrogens with two attached hydrogens (primary N) is 1. The quantitative estimate of drug-likeness (QED) is 0.803. The molecular formula is C20H33N3O3. The van der Waals surface area contributed by atoms with Gasteiger partial charge in [0.05, 0.1) is 18.2 Å². The molecule has 0 aliphatic carbocycles. The van der Waals surface area contributed by atoms with E-state index in [1.807, 2.05) is 31.3 Å². The molecule has 26 heavy (non-hydrogen) atoms. The number of likely N-dealkylation sites (tertiary alicyclic amines) is 1. The highest BCUT2D eigenvalue weighted by Crippen LogP contribution is 2.25. The van der Waals surface area contributed by atoms with Gasteiger partial charge < -0.3 is 20.5 Å². The maximum Gasteiger partial charge on any atom is 0.242 e. The molecule has 146 valence electrons. The Morgan fingerprint density at radius 2 is 1.96 bits per heavy atom. The highest BCUT2D eigenvalue weighted by molar-refractivity contribution is 5.85. The molecule has 1 saturated heterocycles. The van der Waals surface area contributed by atoms with E-state index >= 15 is 0 Å². The van der Waals surface area contributed by atoms with Crippen LogP contribution in [0.5, 0.6) is 5.75 Å². The minimum Gasteiger partial charge on any atom is -0.497 e. The molecule has 1 aliphatic rings. The Labute approximate surface area is 156 Å². The summed E-state index contributed by atoms with van der Waals surface area (Å²) in [6, 6.07) is 7.97. The van der Waals surface area contributed by atoms with Crippen molar-refractivity contribution >= 4 is 5.91 Å². The van der Waals surface area contributed by atoms with Gasteiger partial charge in [0.25, 0.3) is 0 Å². The van der Waals surface area contributed by atoms with E-state index in [9.17, 15) is 9.90 Å². The molecule has 1 unspecified atom stereocenters. The third-order valence-electron chi connectivity index (χ3n) is 4.93. The first-order valence-electron chi connectivity index (χ1n) is 9.25. The van der Waals surface area contributed by atoms with Gasteiger partial charge in [-0.05, 0) is 57.9 Å². The summed E-state index contributed by atoms with van der Waals surface area (Å²) in [5, 5.41) is 11.1. The summed E-state index contributed by atoms with van der Waals surface area (Å²) in [6.07, 6.45) is 2.05. The summed E-state index contributed by atoms with van der Waals surface area (Å²) in [4.78, 5) is 16.3. The van der Waals surface area contributed by atoms with E-state index in [4.69, 9.17) is 10.5 Å². The molecular weight excluding hydrogens is 330 g/mol. The van der Waals surface area contributed by atoms with Gasteiger partial charge in [-0.25, -0.2) is 0 Å². The maximum absolute atomic E-state index is 12.4. The fourth-order valence-electron chi connectivity index (χ4n) is 3.55. The lowest BCUT2D eigenvalue weighted by Gasteiger charge is -2.32. The number of carbonyl (C=O) groups excluding carboxylic acids is 1. The molecule has 1 aromatic carbocycles. The van der Waals surface area contributed by atoms with E-state index in [0.717, 1.165) is 18.7 Å². The smallest absolute Gasteiger partial charge is 0.242 e. The minimum absolute atomic E-state index is 0.0478. The molecule has 0 radical (unpaired) electrons. The van der Waals surface area contributed by atoms with Gasteiger partial charge in [-0.2, -0.15) is 0 Å². The summed E-state index contributed by atoms with van der Waals surface area (Å²) in [6.45, 7) is 6.00. The second-order valence-corrected chi connectivity index (χ2v) is 8.11. The van der Waals surface area contributed by atoms with Gasteiger partial charge in [0.2, 0.25) is 5.91 Å². The second kappa shape index (κ2) is 8.37. The Hall–Kier alpha value is -1.63. The van der Waals surface area contributed by atoms with Crippen molar-refractivity contribution in [1.29, 1.82) is 0 Å². The Kier molecular flexibility index (Phi) is 6.66. The molecule has 0 aromatic heterocycles. The molecule has 1 atom stereocenters. The van der Waals surface area contributed by atoms with E-state index in [2.05, 4.69) is 4.90 Å². The fourth-order valence-corrected chi connectivity index (χ4v) is 3.55. The van der Waals surface area contributed by atoms with Crippen LogP contribution >= 0.6 is 0 Å². The molecule has 6 heteroatoms. The Morgan fingerprint density at radius 1 is 1.31 bits per heavy atom. The number of rotatable bonds is 6. The van der Waals surface area contributed by atoms with E-state index in [0.29, 0.717) is 32.5 Å². The average molecular weight is 364 g/mol. The van der Waals surface area contributed by atoms with Crippen LogP contribution in [0.25, 0.3) is 0 Å². The van der Waals surface area contributed by atoms with Crippen molar-refractivity contribution in [1.82, 2.24) is 9.80 Å². The maximum atomic E-state index is 12.4. The van der Waals surface area contributed by atoms with Crippen LogP contribution < -0.4 is 10.5 Å². The van der Waals surface area contributed by atoms with Crippen molar-refractivity contribution < 1.29 is 14.6 Å². The Morgan fingerprint density at radius 3 is 2.54 bits per heavy atom. The van der Waals surface area contributed by atoms with E-state index < -0.39 is 11.1 Å². The fraction of sp³-hybridized carbons (Fsp3) is 0.650. The SMILES string of the molecule is COc1ccc(CN(C)CC2(O)CCCN(C(=O)C(C)(C)N)CC2)cc1. The molecule has 1 heterocycles. The Bertz CT molecular complexity index is 597. The van der Waals surface area contributed by atoms with Crippen LogP contribution in [0.1, 0.15) is 38.7 Å². The molecule has 3 N–H and O–H groups in total. The number of aliphatic hydroxyl groups is 1. The number of hydrogen-bond donors (Lipinski definition) is 2. The van der Waals surface area contributed by atoms with Crippen molar-refractivity contribution in [3.05, 3.63) is 29.8 Å². The second-order valence-electron chi connectivity index (χ2n) is 8.11. The highest BCUT2D eigenvalue weighted by Gasteiger charge is 2.35. The first-order chi connectivity index (χ1) is 12.1. The molecule has 1 aliphatic heterocycles. The van der Waals surface area contributed by atoms with Gasteiger partial charge in [0.1, 0.15) is 5.75 Å².